The molecule has 1 aromatic rings. The Morgan fingerprint density at radius 3 is 2.20 bits per heavy atom. The largest absolute Gasteiger partial charge is 0.507 e. The monoisotopic (exact) mass is 206 g/mol. The second-order valence-electron chi connectivity index (χ2n) is 4.17. The number of aromatic hydroxyl groups is 1. The van der Waals surface area contributed by atoms with Crippen LogP contribution in [0.15, 0.2) is 12.1 Å². The molecule has 0 bridgehead atoms. The predicted octanol–water partition coefficient (Wildman–Crippen LogP) is 1.42. The number of nitrogens with one attached hydrogen (secondary N) is 1. The minimum absolute atomic E-state index is 0.425. The number of hydrogen-bond donors (Lipinski definition) is 2. The maximum atomic E-state index is 9.70. The molecule has 2 N–H and O–H groups in total. The van der Waals surface area contributed by atoms with Crippen LogP contribution in [0.1, 0.15) is 11.1 Å². The average molecular weight is 206 g/mol. The van der Waals surface area contributed by atoms with E-state index in [4.69, 9.17) is 0 Å². The second-order valence-corrected chi connectivity index (χ2v) is 4.17. The zero-order valence-corrected chi connectivity index (χ0v) is 9.38. The Labute approximate surface area is 90.7 Å². The Balaban J connectivity index is 2.27. The molecule has 1 aromatic carbocycles. The first kappa shape index (κ1) is 10.3. The lowest BCUT2D eigenvalue weighted by Gasteiger charge is -2.30. The molecule has 0 unspecified atom stereocenters. The van der Waals surface area contributed by atoms with Crippen LogP contribution in [0.2, 0.25) is 0 Å². The van der Waals surface area contributed by atoms with Gasteiger partial charge in [0, 0.05) is 31.9 Å². The van der Waals surface area contributed by atoms with Crippen molar-refractivity contribution in [2.75, 3.05) is 31.1 Å². The molecule has 3 nitrogen and oxygen atoms in total. The lowest BCUT2D eigenvalue weighted by atomic mass is 10.1. The first-order chi connectivity index (χ1) is 7.18. The van der Waals surface area contributed by atoms with Gasteiger partial charge in [-0.1, -0.05) is 0 Å². The van der Waals surface area contributed by atoms with Crippen LogP contribution in [-0.4, -0.2) is 31.3 Å². The summed E-state index contributed by atoms with van der Waals surface area (Å²) < 4.78 is 0. The molecule has 0 aliphatic carbocycles. The molecule has 1 aliphatic heterocycles. The van der Waals surface area contributed by atoms with Crippen LogP contribution in [0, 0.1) is 13.8 Å². The van der Waals surface area contributed by atoms with Gasteiger partial charge in [-0.15, -0.1) is 0 Å². The fourth-order valence-corrected chi connectivity index (χ4v) is 2.04. The summed E-state index contributed by atoms with van der Waals surface area (Å²) in [7, 11) is 0. The van der Waals surface area contributed by atoms with Gasteiger partial charge in [0.05, 0.1) is 0 Å². The topological polar surface area (TPSA) is 35.5 Å². The summed E-state index contributed by atoms with van der Waals surface area (Å²) in [6, 6.07) is 4.13. The van der Waals surface area contributed by atoms with Gasteiger partial charge in [0.15, 0.2) is 0 Å². The van der Waals surface area contributed by atoms with Crippen LogP contribution in [0.3, 0.4) is 0 Å². The standard InChI is InChI=1S/C12H18N2O/c1-9-7-11(8-10(2)12(9)15)14-5-3-13-4-6-14/h7-8,13,15H,3-6H2,1-2H3. The van der Waals surface area contributed by atoms with E-state index in [1.54, 1.807) is 0 Å². The number of piperazine rings is 1. The van der Waals surface area contributed by atoms with Gasteiger partial charge < -0.3 is 15.3 Å². The summed E-state index contributed by atoms with van der Waals surface area (Å²) in [6.45, 7) is 8.08. The molecular weight excluding hydrogens is 188 g/mol. The van der Waals surface area contributed by atoms with E-state index in [0.717, 1.165) is 37.3 Å². The van der Waals surface area contributed by atoms with Crippen molar-refractivity contribution in [2.45, 2.75) is 13.8 Å². The van der Waals surface area contributed by atoms with Gasteiger partial charge in [-0.2, -0.15) is 0 Å². The Morgan fingerprint density at radius 2 is 1.67 bits per heavy atom. The average Bonchev–Trinajstić information content (AvgIpc) is 2.26. The van der Waals surface area contributed by atoms with Gasteiger partial charge in [-0.05, 0) is 37.1 Å². The molecular formula is C12H18N2O. The van der Waals surface area contributed by atoms with Gasteiger partial charge in [0.2, 0.25) is 0 Å². The predicted molar refractivity (Wildman–Crippen MR) is 62.7 cm³/mol. The summed E-state index contributed by atoms with van der Waals surface area (Å²) in [4.78, 5) is 2.36. The normalized spacial score (nSPS) is 16.8. The Hall–Kier alpha value is -1.22. The molecule has 15 heavy (non-hydrogen) atoms. The molecule has 0 saturated carbocycles. The fourth-order valence-electron chi connectivity index (χ4n) is 2.04. The highest BCUT2D eigenvalue weighted by atomic mass is 16.3. The zero-order valence-electron chi connectivity index (χ0n) is 9.38. The lowest BCUT2D eigenvalue weighted by Crippen LogP contribution is -2.43. The lowest BCUT2D eigenvalue weighted by molar-refractivity contribution is 0.466. The first-order valence-electron chi connectivity index (χ1n) is 5.44. The molecule has 82 valence electrons. The van der Waals surface area contributed by atoms with Crippen molar-refractivity contribution >= 4 is 5.69 Å². The Morgan fingerprint density at radius 1 is 1.13 bits per heavy atom. The number of phenols is 1. The minimum Gasteiger partial charge on any atom is -0.507 e. The van der Waals surface area contributed by atoms with E-state index in [2.05, 4.69) is 22.3 Å². The van der Waals surface area contributed by atoms with Gasteiger partial charge in [0.25, 0.3) is 0 Å². The molecule has 3 heteroatoms. The molecule has 0 aromatic heterocycles. The summed E-state index contributed by atoms with van der Waals surface area (Å²) in [6.07, 6.45) is 0. The van der Waals surface area contributed by atoms with Crippen LogP contribution < -0.4 is 10.2 Å². The number of anilines is 1. The number of phenolic OH excluding ortho intramolecular Hbond substituents is 1. The summed E-state index contributed by atoms with van der Waals surface area (Å²) in [5.74, 6) is 0.425. The molecule has 2 rings (SSSR count). The van der Waals surface area contributed by atoms with Gasteiger partial charge in [0.1, 0.15) is 5.75 Å². The second kappa shape index (κ2) is 4.11. The summed E-state index contributed by atoms with van der Waals surface area (Å²) >= 11 is 0. The molecule has 0 atom stereocenters. The van der Waals surface area contributed by atoms with Crippen molar-refractivity contribution < 1.29 is 5.11 Å². The highest BCUT2D eigenvalue weighted by Crippen LogP contribution is 2.27. The van der Waals surface area contributed by atoms with Gasteiger partial charge in [-0.25, -0.2) is 0 Å². The van der Waals surface area contributed by atoms with Crippen molar-refractivity contribution in [3.05, 3.63) is 23.3 Å². The van der Waals surface area contributed by atoms with Gasteiger partial charge in [-0.3, -0.25) is 0 Å². The third-order valence-electron chi connectivity index (χ3n) is 2.96. The number of rotatable bonds is 1. The molecule has 1 fully saturated rings. The Kier molecular flexibility index (Phi) is 2.82. The minimum atomic E-state index is 0.425. The first-order valence-corrected chi connectivity index (χ1v) is 5.44. The van der Waals surface area contributed by atoms with Crippen molar-refractivity contribution in [2.24, 2.45) is 0 Å². The quantitative estimate of drug-likeness (QED) is 0.729. The number of benzene rings is 1. The third-order valence-corrected chi connectivity index (χ3v) is 2.96. The van der Waals surface area contributed by atoms with Gasteiger partial charge >= 0.3 is 0 Å². The van der Waals surface area contributed by atoms with Crippen LogP contribution >= 0.6 is 0 Å². The van der Waals surface area contributed by atoms with Crippen LogP contribution in [0.4, 0.5) is 5.69 Å². The zero-order chi connectivity index (χ0) is 10.8. The number of hydrogen-bond acceptors (Lipinski definition) is 3. The highest BCUT2D eigenvalue weighted by molar-refractivity contribution is 5.56. The smallest absolute Gasteiger partial charge is 0.121 e. The number of aryl methyl sites for hydroxylation is 2. The Bertz CT molecular complexity index is 334. The van der Waals surface area contributed by atoms with E-state index < -0.39 is 0 Å². The van der Waals surface area contributed by atoms with E-state index in [1.807, 2.05) is 13.8 Å². The summed E-state index contributed by atoms with van der Waals surface area (Å²) in [5, 5.41) is 13.0. The van der Waals surface area contributed by atoms with E-state index in [9.17, 15) is 5.11 Å². The molecule has 0 radical (unpaired) electrons. The van der Waals surface area contributed by atoms with Crippen molar-refractivity contribution in [3.8, 4) is 5.75 Å². The van der Waals surface area contributed by atoms with Crippen molar-refractivity contribution in [3.63, 3.8) is 0 Å². The molecule has 0 amide bonds. The SMILES string of the molecule is Cc1cc(N2CCNCC2)cc(C)c1O. The van der Waals surface area contributed by atoms with E-state index in [0.29, 0.717) is 5.75 Å². The van der Waals surface area contributed by atoms with E-state index >= 15 is 0 Å². The van der Waals surface area contributed by atoms with Crippen LogP contribution in [0.5, 0.6) is 5.75 Å². The molecule has 0 spiro atoms. The molecule has 1 aliphatic rings. The van der Waals surface area contributed by atoms with Crippen LogP contribution in [-0.2, 0) is 0 Å². The van der Waals surface area contributed by atoms with Crippen molar-refractivity contribution in [1.29, 1.82) is 0 Å². The highest BCUT2D eigenvalue weighted by Gasteiger charge is 2.12. The maximum absolute atomic E-state index is 9.70. The number of nitrogens with zero attached hydrogens (tertiary/aromatic N) is 1. The molecule has 1 saturated heterocycles. The molecule has 1 heterocycles. The third kappa shape index (κ3) is 2.07. The maximum Gasteiger partial charge on any atom is 0.121 e. The van der Waals surface area contributed by atoms with Crippen LogP contribution in [0.25, 0.3) is 0 Å². The van der Waals surface area contributed by atoms with Crippen molar-refractivity contribution in [1.82, 2.24) is 5.32 Å². The summed E-state index contributed by atoms with van der Waals surface area (Å²) in [5.41, 5.74) is 3.15. The van der Waals surface area contributed by atoms with E-state index in [1.165, 1.54) is 5.69 Å². The van der Waals surface area contributed by atoms with E-state index in [-0.39, 0.29) is 0 Å². The fraction of sp³-hybridized carbons (Fsp3) is 0.500.